The maximum absolute atomic E-state index is 3.53. The number of nitrogens with one attached hydrogen (secondary N) is 2. The first kappa shape index (κ1) is 13.5. The molecule has 3 rings (SSSR count). The van der Waals surface area contributed by atoms with Crippen LogP contribution >= 0.6 is 15.9 Å². The second-order valence-electron chi connectivity index (χ2n) is 5.36. The van der Waals surface area contributed by atoms with Crippen LogP contribution in [0.5, 0.6) is 0 Å². The van der Waals surface area contributed by atoms with E-state index in [1.807, 2.05) is 0 Å². The van der Waals surface area contributed by atoms with E-state index in [0.29, 0.717) is 0 Å². The van der Waals surface area contributed by atoms with E-state index in [2.05, 4.69) is 70.4 Å². The van der Waals surface area contributed by atoms with Gasteiger partial charge in [-0.05, 0) is 49.6 Å². The van der Waals surface area contributed by atoms with Crippen LogP contribution in [0, 0.1) is 13.8 Å². The zero-order valence-electron chi connectivity index (χ0n) is 11.9. The van der Waals surface area contributed by atoms with Gasteiger partial charge in [0.25, 0.3) is 0 Å². The third kappa shape index (κ3) is 2.42. The van der Waals surface area contributed by atoms with Crippen molar-refractivity contribution in [3.8, 4) is 0 Å². The van der Waals surface area contributed by atoms with Crippen molar-refractivity contribution < 1.29 is 0 Å². The Kier molecular flexibility index (Phi) is 3.70. The molecule has 1 heterocycles. The molecule has 0 aliphatic heterocycles. The lowest BCUT2D eigenvalue weighted by molar-refractivity contribution is 0.997. The highest BCUT2D eigenvalue weighted by Gasteiger charge is 2.07. The van der Waals surface area contributed by atoms with E-state index >= 15 is 0 Å². The number of aromatic amines is 1. The summed E-state index contributed by atoms with van der Waals surface area (Å²) in [6.07, 6.45) is 1.13. The predicted molar refractivity (Wildman–Crippen MR) is 92.2 cm³/mol. The average Bonchev–Trinajstić information content (AvgIpc) is 2.75. The molecule has 2 aromatic carbocycles. The molecule has 0 saturated heterocycles. The first-order valence-electron chi connectivity index (χ1n) is 7.01. The van der Waals surface area contributed by atoms with Gasteiger partial charge in [0.2, 0.25) is 0 Å². The molecule has 3 heteroatoms. The van der Waals surface area contributed by atoms with Crippen molar-refractivity contribution in [3.05, 3.63) is 41.5 Å². The molecule has 2 N–H and O–H groups in total. The number of benzene rings is 2. The van der Waals surface area contributed by atoms with Crippen molar-refractivity contribution >= 4 is 43.4 Å². The van der Waals surface area contributed by atoms with Gasteiger partial charge in [0.05, 0.1) is 0 Å². The summed E-state index contributed by atoms with van der Waals surface area (Å²) in [5.41, 5.74) is 6.25. The molecule has 20 heavy (non-hydrogen) atoms. The van der Waals surface area contributed by atoms with Crippen LogP contribution in [-0.4, -0.2) is 16.9 Å². The molecule has 0 atom stereocenters. The maximum atomic E-state index is 3.53. The molecule has 0 aliphatic carbocycles. The van der Waals surface area contributed by atoms with Crippen LogP contribution in [0.25, 0.3) is 21.8 Å². The van der Waals surface area contributed by atoms with Crippen molar-refractivity contribution in [2.45, 2.75) is 20.3 Å². The highest BCUT2D eigenvalue weighted by atomic mass is 79.9. The minimum atomic E-state index is 0.999. The molecular weight excluding hydrogens is 312 g/mol. The molecular formula is C17H19BrN2. The number of anilines is 1. The molecule has 0 spiro atoms. The second-order valence-corrected chi connectivity index (χ2v) is 6.15. The summed E-state index contributed by atoms with van der Waals surface area (Å²) >= 11 is 3.47. The lowest BCUT2D eigenvalue weighted by atomic mass is 10.1. The average molecular weight is 331 g/mol. The molecule has 0 aliphatic rings. The van der Waals surface area contributed by atoms with Gasteiger partial charge in [0.15, 0.2) is 0 Å². The molecule has 0 fully saturated rings. The van der Waals surface area contributed by atoms with E-state index < -0.39 is 0 Å². The Balaban J connectivity index is 2.10. The predicted octanol–water partition coefficient (Wildman–Crippen LogP) is 5.13. The number of H-pyrrole nitrogens is 1. The first-order valence-corrected chi connectivity index (χ1v) is 8.14. The Morgan fingerprint density at radius 1 is 1.05 bits per heavy atom. The van der Waals surface area contributed by atoms with Crippen LogP contribution in [0.4, 0.5) is 5.69 Å². The van der Waals surface area contributed by atoms with Gasteiger partial charge in [-0.1, -0.05) is 28.1 Å². The van der Waals surface area contributed by atoms with Gasteiger partial charge in [-0.3, -0.25) is 0 Å². The van der Waals surface area contributed by atoms with Gasteiger partial charge in [0.1, 0.15) is 0 Å². The highest BCUT2D eigenvalue weighted by Crippen LogP contribution is 2.30. The number of hydrogen-bond acceptors (Lipinski definition) is 1. The van der Waals surface area contributed by atoms with Crippen LogP contribution in [0.15, 0.2) is 30.3 Å². The normalized spacial score (nSPS) is 11.3. The Hall–Kier alpha value is -1.48. The van der Waals surface area contributed by atoms with Crippen LogP contribution in [0.3, 0.4) is 0 Å². The van der Waals surface area contributed by atoms with E-state index in [0.717, 1.165) is 18.3 Å². The molecule has 0 unspecified atom stereocenters. The smallest absolute Gasteiger partial charge is 0.0469 e. The fourth-order valence-electron chi connectivity index (χ4n) is 2.66. The SMILES string of the molecule is Cc1ccc2c(c1)[nH]c1cc(C)c(NCCCBr)cc12. The Morgan fingerprint density at radius 2 is 1.85 bits per heavy atom. The van der Waals surface area contributed by atoms with Gasteiger partial charge < -0.3 is 10.3 Å². The van der Waals surface area contributed by atoms with E-state index in [-0.39, 0.29) is 0 Å². The van der Waals surface area contributed by atoms with Crippen molar-refractivity contribution in [2.75, 3.05) is 17.2 Å². The minimum absolute atomic E-state index is 0.999. The number of aryl methyl sites for hydroxylation is 2. The molecule has 0 saturated carbocycles. The topological polar surface area (TPSA) is 27.8 Å². The summed E-state index contributed by atoms with van der Waals surface area (Å²) < 4.78 is 0. The quantitative estimate of drug-likeness (QED) is 0.503. The summed E-state index contributed by atoms with van der Waals surface area (Å²) in [4.78, 5) is 3.52. The number of halogens is 1. The Labute approximate surface area is 127 Å². The number of fused-ring (bicyclic) bond motifs is 3. The molecule has 0 bridgehead atoms. The second kappa shape index (κ2) is 5.49. The zero-order valence-corrected chi connectivity index (χ0v) is 13.5. The molecule has 3 aromatic rings. The lowest BCUT2D eigenvalue weighted by Gasteiger charge is -2.09. The van der Waals surface area contributed by atoms with Crippen LogP contribution < -0.4 is 5.32 Å². The monoisotopic (exact) mass is 330 g/mol. The van der Waals surface area contributed by atoms with Crippen LogP contribution in [0.1, 0.15) is 17.5 Å². The largest absolute Gasteiger partial charge is 0.385 e. The number of alkyl halides is 1. The van der Waals surface area contributed by atoms with Gasteiger partial charge in [-0.15, -0.1) is 0 Å². The van der Waals surface area contributed by atoms with E-state index in [1.165, 1.54) is 38.6 Å². The van der Waals surface area contributed by atoms with E-state index in [4.69, 9.17) is 0 Å². The molecule has 2 nitrogen and oxygen atoms in total. The third-order valence-corrected chi connectivity index (χ3v) is 4.29. The number of rotatable bonds is 4. The summed E-state index contributed by atoms with van der Waals surface area (Å²) in [6, 6.07) is 11.1. The van der Waals surface area contributed by atoms with Crippen LogP contribution in [-0.2, 0) is 0 Å². The van der Waals surface area contributed by atoms with E-state index in [1.54, 1.807) is 0 Å². The Bertz CT molecular complexity index is 758. The lowest BCUT2D eigenvalue weighted by Crippen LogP contribution is -2.03. The first-order chi connectivity index (χ1) is 9.69. The van der Waals surface area contributed by atoms with Gasteiger partial charge in [-0.25, -0.2) is 0 Å². The molecule has 104 valence electrons. The zero-order chi connectivity index (χ0) is 14.1. The standard InChI is InChI=1S/C17H19BrN2/c1-11-4-5-13-14-10-15(19-7-3-6-18)12(2)9-17(14)20-16(13)8-11/h4-5,8-10,19-20H,3,6-7H2,1-2H3. The number of hydrogen-bond donors (Lipinski definition) is 2. The Morgan fingerprint density at radius 3 is 2.65 bits per heavy atom. The van der Waals surface area contributed by atoms with Gasteiger partial charge in [0, 0.05) is 39.4 Å². The van der Waals surface area contributed by atoms with Gasteiger partial charge in [-0.2, -0.15) is 0 Å². The summed E-state index contributed by atoms with van der Waals surface area (Å²) in [5.74, 6) is 0. The third-order valence-electron chi connectivity index (χ3n) is 3.72. The molecule has 0 amide bonds. The fourth-order valence-corrected chi connectivity index (χ4v) is 2.94. The maximum Gasteiger partial charge on any atom is 0.0469 e. The van der Waals surface area contributed by atoms with E-state index in [9.17, 15) is 0 Å². The van der Waals surface area contributed by atoms with Crippen LogP contribution in [0.2, 0.25) is 0 Å². The summed E-state index contributed by atoms with van der Waals surface area (Å²) in [6.45, 7) is 5.29. The fraction of sp³-hybridized carbons (Fsp3) is 0.294. The minimum Gasteiger partial charge on any atom is -0.385 e. The van der Waals surface area contributed by atoms with Crippen molar-refractivity contribution in [3.63, 3.8) is 0 Å². The summed E-state index contributed by atoms with van der Waals surface area (Å²) in [7, 11) is 0. The molecule has 0 radical (unpaired) electrons. The summed E-state index contributed by atoms with van der Waals surface area (Å²) in [5, 5.41) is 7.16. The van der Waals surface area contributed by atoms with Crippen molar-refractivity contribution in [1.82, 2.24) is 4.98 Å². The number of aromatic nitrogens is 1. The molecule has 1 aromatic heterocycles. The van der Waals surface area contributed by atoms with Gasteiger partial charge >= 0.3 is 0 Å². The van der Waals surface area contributed by atoms with Crippen molar-refractivity contribution in [1.29, 1.82) is 0 Å². The van der Waals surface area contributed by atoms with Crippen molar-refractivity contribution in [2.24, 2.45) is 0 Å². The highest BCUT2D eigenvalue weighted by molar-refractivity contribution is 9.09.